The molecular formula is C16H13F2N3O3. The monoisotopic (exact) mass is 333 g/mol. The number of hydrogen-bond acceptors (Lipinski definition) is 5. The number of hydrogen-bond donors (Lipinski definition) is 1. The third-order valence-electron chi connectivity index (χ3n) is 3.33. The number of ether oxygens (including phenoxy) is 1. The maximum absolute atomic E-state index is 13.6. The summed E-state index contributed by atoms with van der Waals surface area (Å²) in [4.78, 5) is 11.7. The summed E-state index contributed by atoms with van der Waals surface area (Å²) in [7, 11) is 1.33. The predicted octanol–water partition coefficient (Wildman–Crippen LogP) is 2.72. The van der Waals surface area contributed by atoms with Crippen LogP contribution in [0.15, 0.2) is 51.7 Å². The van der Waals surface area contributed by atoms with Gasteiger partial charge in [-0.15, -0.1) is 0 Å². The maximum atomic E-state index is 13.6. The molecule has 3 rings (SSSR count). The van der Waals surface area contributed by atoms with E-state index >= 15 is 0 Å². The first-order chi connectivity index (χ1) is 11.6. The second kappa shape index (κ2) is 6.53. The molecule has 0 aliphatic rings. The molecular weight excluding hydrogens is 320 g/mol. The van der Waals surface area contributed by atoms with Gasteiger partial charge in [-0.3, -0.25) is 0 Å². The molecule has 1 heterocycles. The molecule has 0 spiro atoms. The molecule has 124 valence electrons. The fraction of sp³-hybridized carbons (Fsp3) is 0.125. The zero-order valence-electron chi connectivity index (χ0n) is 12.6. The van der Waals surface area contributed by atoms with Crippen molar-refractivity contribution in [3.8, 4) is 11.8 Å². The summed E-state index contributed by atoms with van der Waals surface area (Å²) in [5, 5.41) is 6.76. The van der Waals surface area contributed by atoms with Gasteiger partial charge in [0.1, 0.15) is 11.6 Å². The van der Waals surface area contributed by atoms with Crippen LogP contribution in [-0.2, 0) is 6.54 Å². The number of rotatable bonds is 5. The van der Waals surface area contributed by atoms with Gasteiger partial charge in [0.25, 0.3) is 0 Å². The number of halogens is 2. The first-order valence-electron chi connectivity index (χ1n) is 7.00. The quantitative estimate of drug-likeness (QED) is 0.777. The Hall–Kier alpha value is -3.16. The molecule has 6 nitrogen and oxygen atoms in total. The lowest BCUT2D eigenvalue weighted by Gasteiger charge is -2.09. The van der Waals surface area contributed by atoms with E-state index in [2.05, 4.69) is 10.4 Å². The fourth-order valence-corrected chi connectivity index (χ4v) is 2.15. The maximum Gasteiger partial charge on any atom is 0.444 e. The first kappa shape index (κ1) is 15.7. The van der Waals surface area contributed by atoms with Crippen molar-refractivity contribution in [3.05, 3.63) is 70.2 Å². The summed E-state index contributed by atoms with van der Waals surface area (Å²) in [5.74, 6) is -1.96. The molecule has 0 radical (unpaired) electrons. The Bertz CT molecular complexity index is 901. The summed E-state index contributed by atoms with van der Waals surface area (Å²) >= 11 is 0. The van der Waals surface area contributed by atoms with Crippen molar-refractivity contribution in [2.75, 3.05) is 12.4 Å². The standard InChI is InChI=1S/C16H13F2N3O3/c1-23-15-20-21(16(22)24-15)11-5-2-4-10(8-11)19-9-12-13(17)6-3-7-14(12)18/h2-8,19H,9H2,1H3. The minimum atomic E-state index is -0.704. The zero-order chi connectivity index (χ0) is 17.1. The number of benzene rings is 2. The molecule has 1 aromatic heterocycles. The van der Waals surface area contributed by atoms with Gasteiger partial charge in [0, 0.05) is 17.8 Å². The number of methoxy groups -OCH3 is 1. The molecule has 1 N–H and O–H groups in total. The van der Waals surface area contributed by atoms with E-state index in [0.29, 0.717) is 11.4 Å². The van der Waals surface area contributed by atoms with E-state index in [0.717, 1.165) is 4.68 Å². The van der Waals surface area contributed by atoms with E-state index in [1.807, 2.05) is 0 Å². The van der Waals surface area contributed by atoms with Crippen LogP contribution in [0.5, 0.6) is 6.08 Å². The average Bonchev–Trinajstić information content (AvgIpc) is 2.96. The lowest BCUT2D eigenvalue weighted by molar-refractivity contribution is 0.282. The van der Waals surface area contributed by atoms with Crippen LogP contribution in [0, 0.1) is 11.6 Å². The van der Waals surface area contributed by atoms with Crippen LogP contribution < -0.4 is 15.8 Å². The molecule has 0 aliphatic carbocycles. The van der Waals surface area contributed by atoms with Crippen molar-refractivity contribution in [2.45, 2.75) is 6.54 Å². The van der Waals surface area contributed by atoms with Gasteiger partial charge in [-0.25, -0.2) is 13.6 Å². The van der Waals surface area contributed by atoms with E-state index in [1.165, 1.54) is 25.3 Å². The molecule has 0 saturated heterocycles. The molecule has 0 bridgehead atoms. The molecule has 0 saturated carbocycles. The second-order valence-electron chi connectivity index (χ2n) is 4.85. The van der Waals surface area contributed by atoms with Gasteiger partial charge in [-0.1, -0.05) is 17.2 Å². The van der Waals surface area contributed by atoms with Gasteiger partial charge < -0.3 is 14.5 Å². The van der Waals surface area contributed by atoms with Gasteiger partial charge in [-0.2, -0.15) is 4.68 Å². The van der Waals surface area contributed by atoms with Crippen molar-refractivity contribution in [1.82, 2.24) is 9.78 Å². The Morgan fingerprint density at radius 1 is 1.21 bits per heavy atom. The molecule has 2 aromatic carbocycles. The van der Waals surface area contributed by atoms with Crippen LogP contribution in [0.4, 0.5) is 14.5 Å². The van der Waals surface area contributed by atoms with Gasteiger partial charge in [0.05, 0.1) is 12.8 Å². The third kappa shape index (κ3) is 3.12. The van der Waals surface area contributed by atoms with Crippen molar-refractivity contribution < 1.29 is 17.9 Å². The van der Waals surface area contributed by atoms with E-state index in [1.54, 1.807) is 24.3 Å². The molecule has 0 amide bonds. The van der Waals surface area contributed by atoms with E-state index in [-0.39, 0.29) is 18.2 Å². The lowest BCUT2D eigenvalue weighted by atomic mass is 10.2. The number of aromatic nitrogens is 2. The van der Waals surface area contributed by atoms with E-state index in [9.17, 15) is 13.6 Å². The van der Waals surface area contributed by atoms with Gasteiger partial charge >= 0.3 is 11.8 Å². The van der Waals surface area contributed by atoms with Crippen molar-refractivity contribution in [3.63, 3.8) is 0 Å². The first-order valence-corrected chi connectivity index (χ1v) is 7.00. The summed E-state index contributed by atoms with van der Waals surface area (Å²) in [6, 6.07) is 10.3. The number of nitrogens with one attached hydrogen (secondary N) is 1. The zero-order valence-corrected chi connectivity index (χ0v) is 12.6. The van der Waals surface area contributed by atoms with Gasteiger partial charge in [0.2, 0.25) is 0 Å². The minimum absolute atomic E-state index is 0.0427. The Morgan fingerprint density at radius 2 is 1.92 bits per heavy atom. The van der Waals surface area contributed by atoms with Crippen LogP contribution in [-0.4, -0.2) is 16.9 Å². The topological polar surface area (TPSA) is 69.3 Å². The molecule has 0 aliphatic heterocycles. The fourth-order valence-electron chi connectivity index (χ4n) is 2.15. The largest absolute Gasteiger partial charge is 0.452 e. The Morgan fingerprint density at radius 3 is 2.58 bits per heavy atom. The van der Waals surface area contributed by atoms with Crippen molar-refractivity contribution in [1.29, 1.82) is 0 Å². The Balaban J connectivity index is 1.83. The van der Waals surface area contributed by atoms with Crippen LogP contribution in [0.1, 0.15) is 5.56 Å². The summed E-state index contributed by atoms with van der Waals surface area (Å²) in [5.41, 5.74) is 0.915. The van der Waals surface area contributed by atoms with Crippen molar-refractivity contribution >= 4 is 5.69 Å². The average molecular weight is 333 g/mol. The summed E-state index contributed by atoms with van der Waals surface area (Å²) in [6.45, 7) is -0.0427. The minimum Gasteiger partial charge on any atom is -0.452 e. The predicted molar refractivity (Wildman–Crippen MR) is 82.3 cm³/mol. The second-order valence-corrected chi connectivity index (χ2v) is 4.85. The van der Waals surface area contributed by atoms with E-state index in [4.69, 9.17) is 9.15 Å². The Labute approximate surface area is 135 Å². The highest BCUT2D eigenvalue weighted by Gasteiger charge is 2.11. The van der Waals surface area contributed by atoms with Gasteiger partial charge in [0.15, 0.2) is 0 Å². The highest BCUT2D eigenvalue weighted by molar-refractivity contribution is 5.51. The SMILES string of the molecule is COc1nn(-c2cccc(NCc3c(F)cccc3F)c2)c(=O)o1. The summed E-state index contributed by atoms with van der Waals surface area (Å²) in [6.07, 6.45) is -0.160. The van der Waals surface area contributed by atoms with Crippen LogP contribution in [0.3, 0.4) is 0 Å². The molecule has 0 unspecified atom stereocenters. The Kier molecular flexibility index (Phi) is 4.28. The molecule has 0 atom stereocenters. The molecule has 3 aromatic rings. The molecule has 24 heavy (non-hydrogen) atoms. The third-order valence-corrected chi connectivity index (χ3v) is 3.33. The van der Waals surface area contributed by atoms with Crippen LogP contribution >= 0.6 is 0 Å². The van der Waals surface area contributed by atoms with Gasteiger partial charge in [-0.05, 0) is 30.3 Å². The normalized spacial score (nSPS) is 10.6. The number of nitrogens with zero attached hydrogens (tertiary/aromatic N) is 2. The van der Waals surface area contributed by atoms with E-state index < -0.39 is 17.4 Å². The number of anilines is 1. The molecule has 8 heteroatoms. The highest BCUT2D eigenvalue weighted by Crippen LogP contribution is 2.17. The highest BCUT2D eigenvalue weighted by atomic mass is 19.1. The van der Waals surface area contributed by atoms with Crippen LogP contribution in [0.2, 0.25) is 0 Å². The smallest absolute Gasteiger partial charge is 0.444 e. The lowest BCUT2D eigenvalue weighted by Crippen LogP contribution is -2.13. The van der Waals surface area contributed by atoms with Crippen molar-refractivity contribution in [2.24, 2.45) is 0 Å². The molecule has 0 fully saturated rings. The summed E-state index contributed by atoms with van der Waals surface area (Å²) < 4.78 is 37.8. The van der Waals surface area contributed by atoms with Crippen LogP contribution in [0.25, 0.3) is 5.69 Å².